The van der Waals surface area contributed by atoms with E-state index in [1.807, 2.05) is 0 Å². The van der Waals surface area contributed by atoms with Crippen LogP contribution in [-0.2, 0) is 19.5 Å². The normalized spacial score (nSPS) is 18.8. The van der Waals surface area contributed by atoms with E-state index in [4.69, 9.17) is 0 Å². The molecule has 2 heterocycles. The molecule has 1 aliphatic heterocycles. The van der Waals surface area contributed by atoms with E-state index in [0.717, 1.165) is 50.0 Å². The Bertz CT molecular complexity index is 522. The molecule has 0 spiro atoms. The molecule has 3 rings (SSSR count). The highest BCUT2D eigenvalue weighted by molar-refractivity contribution is 5.80. The zero-order valence-corrected chi connectivity index (χ0v) is 12.7. The maximum atomic E-state index is 4.67. The Kier molecular flexibility index (Phi) is 4.52. The van der Waals surface area contributed by atoms with Crippen LogP contribution in [0.5, 0.6) is 0 Å². The number of aryl methyl sites for hydroxylation is 1. The average molecular weight is 288 g/mol. The number of fused-ring (bicyclic) bond motifs is 1. The summed E-state index contributed by atoms with van der Waals surface area (Å²) in [5, 5.41) is 15.4. The molecule has 2 N–H and O–H groups in total. The number of aliphatic imine (C=N–C) groups is 1. The number of aromatic nitrogens is 3. The van der Waals surface area contributed by atoms with E-state index < -0.39 is 0 Å². The third-order valence-corrected chi connectivity index (χ3v) is 4.01. The molecule has 0 fully saturated rings. The van der Waals surface area contributed by atoms with E-state index in [1.165, 1.54) is 12.8 Å². The highest BCUT2D eigenvalue weighted by atomic mass is 15.3. The van der Waals surface area contributed by atoms with Gasteiger partial charge in [0.1, 0.15) is 12.4 Å². The number of nitrogens with zero attached hydrogens (tertiary/aromatic N) is 4. The largest absolute Gasteiger partial charge is 0.357 e. The van der Waals surface area contributed by atoms with Crippen LogP contribution >= 0.6 is 0 Å². The first-order chi connectivity index (χ1) is 10.4. The predicted molar refractivity (Wildman–Crippen MR) is 83.1 cm³/mol. The summed E-state index contributed by atoms with van der Waals surface area (Å²) in [6.07, 6.45) is 10.1. The second kappa shape index (κ2) is 6.74. The summed E-state index contributed by atoms with van der Waals surface area (Å²) in [5.74, 6) is 2.97. The highest BCUT2D eigenvalue weighted by Crippen LogP contribution is 2.14. The molecule has 114 valence electrons. The lowest BCUT2D eigenvalue weighted by Crippen LogP contribution is -2.42. The number of hydrogen-bond acceptors (Lipinski definition) is 3. The molecule has 2 aliphatic rings. The van der Waals surface area contributed by atoms with E-state index in [9.17, 15) is 0 Å². The van der Waals surface area contributed by atoms with E-state index in [2.05, 4.69) is 49.5 Å². The van der Waals surface area contributed by atoms with Crippen LogP contribution in [0.15, 0.2) is 17.1 Å². The van der Waals surface area contributed by atoms with E-state index in [1.54, 1.807) is 0 Å². The molecule has 0 aromatic carbocycles. The van der Waals surface area contributed by atoms with Crippen LogP contribution in [0.25, 0.3) is 0 Å². The molecule has 1 aromatic rings. The van der Waals surface area contributed by atoms with Crippen molar-refractivity contribution in [1.29, 1.82) is 0 Å². The maximum absolute atomic E-state index is 4.67. The van der Waals surface area contributed by atoms with Gasteiger partial charge < -0.3 is 15.2 Å². The molecule has 0 unspecified atom stereocenters. The average Bonchev–Trinajstić information content (AvgIpc) is 3.14. The van der Waals surface area contributed by atoms with E-state index >= 15 is 0 Å². The third-order valence-electron chi connectivity index (χ3n) is 4.01. The standard InChI is InChI=1S/C15H24N6/c1-2-16-15(18-12-7-3-4-8-12)17-11-14-20-19-13-9-5-6-10-21(13)14/h3-4,12H,2,5-11H2,1H3,(H2,16,17,18). The summed E-state index contributed by atoms with van der Waals surface area (Å²) in [6.45, 7) is 4.57. The Morgan fingerprint density at radius 1 is 1.33 bits per heavy atom. The van der Waals surface area contributed by atoms with Crippen molar-refractivity contribution in [2.45, 2.75) is 58.2 Å². The van der Waals surface area contributed by atoms with Crippen molar-refractivity contribution in [2.75, 3.05) is 6.54 Å². The molecule has 0 saturated heterocycles. The lowest BCUT2D eigenvalue weighted by molar-refractivity contribution is 0.507. The summed E-state index contributed by atoms with van der Waals surface area (Å²) in [4.78, 5) is 4.67. The highest BCUT2D eigenvalue weighted by Gasteiger charge is 2.16. The lowest BCUT2D eigenvalue weighted by Gasteiger charge is -2.17. The molecule has 0 radical (unpaired) electrons. The maximum Gasteiger partial charge on any atom is 0.191 e. The molecule has 21 heavy (non-hydrogen) atoms. The van der Waals surface area contributed by atoms with Crippen LogP contribution in [0.1, 0.15) is 44.3 Å². The van der Waals surface area contributed by atoms with Gasteiger partial charge in [-0.3, -0.25) is 0 Å². The van der Waals surface area contributed by atoms with Crippen LogP contribution in [0.4, 0.5) is 0 Å². The first kappa shape index (κ1) is 14.1. The number of nitrogens with one attached hydrogen (secondary N) is 2. The number of guanidine groups is 1. The van der Waals surface area contributed by atoms with Gasteiger partial charge >= 0.3 is 0 Å². The Balaban J connectivity index is 1.65. The van der Waals surface area contributed by atoms with Crippen molar-refractivity contribution in [3.63, 3.8) is 0 Å². The number of rotatable bonds is 4. The first-order valence-corrected chi connectivity index (χ1v) is 7.97. The van der Waals surface area contributed by atoms with E-state index in [-0.39, 0.29) is 0 Å². The molecular weight excluding hydrogens is 264 g/mol. The van der Waals surface area contributed by atoms with Gasteiger partial charge in [0.05, 0.1) is 0 Å². The van der Waals surface area contributed by atoms with Gasteiger partial charge in [-0.05, 0) is 32.6 Å². The Labute approximate surface area is 125 Å². The van der Waals surface area contributed by atoms with Gasteiger partial charge in [0, 0.05) is 25.6 Å². The van der Waals surface area contributed by atoms with Crippen LogP contribution in [0.2, 0.25) is 0 Å². The van der Waals surface area contributed by atoms with Crippen molar-refractivity contribution >= 4 is 5.96 Å². The zero-order valence-electron chi connectivity index (χ0n) is 12.7. The van der Waals surface area contributed by atoms with Gasteiger partial charge in [-0.15, -0.1) is 10.2 Å². The molecule has 0 bridgehead atoms. The van der Waals surface area contributed by atoms with Crippen LogP contribution in [-0.4, -0.2) is 33.3 Å². The topological polar surface area (TPSA) is 67.1 Å². The van der Waals surface area contributed by atoms with Crippen molar-refractivity contribution < 1.29 is 0 Å². The molecule has 6 heteroatoms. The molecule has 0 amide bonds. The Morgan fingerprint density at radius 3 is 3.00 bits per heavy atom. The summed E-state index contributed by atoms with van der Waals surface area (Å²) in [6, 6.07) is 0.468. The first-order valence-electron chi connectivity index (χ1n) is 7.97. The second-order valence-corrected chi connectivity index (χ2v) is 5.62. The van der Waals surface area contributed by atoms with Gasteiger partial charge in [0.15, 0.2) is 11.8 Å². The van der Waals surface area contributed by atoms with Gasteiger partial charge in [-0.1, -0.05) is 12.2 Å². The molecule has 1 aliphatic carbocycles. The van der Waals surface area contributed by atoms with Crippen LogP contribution in [0.3, 0.4) is 0 Å². The Hall–Kier alpha value is -1.85. The fourth-order valence-corrected chi connectivity index (χ4v) is 2.88. The SMILES string of the molecule is CCNC(=NCc1nnc2n1CCCC2)NC1CC=CC1. The summed E-state index contributed by atoms with van der Waals surface area (Å²) >= 11 is 0. The number of hydrogen-bond donors (Lipinski definition) is 2. The summed E-state index contributed by atoms with van der Waals surface area (Å²) in [5.41, 5.74) is 0. The molecular formula is C15H24N6. The molecule has 1 aromatic heterocycles. The van der Waals surface area contributed by atoms with Crippen molar-refractivity contribution in [3.05, 3.63) is 23.8 Å². The smallest absolute Gasteiger partial charge is 0.191 e. The lowest BCUT2D eigenvalue weighted by atomic mass is 10.2. The molecule has 0 atom stereocenters. The second-order valence-electron chi connectivity index (χ2n) is 5.62. The predicted octanol–water partition coefficient (Wildman–Crippen LogP) is 1.39. The zero-order chi connectivity index (χ0) is 14.5. The third kappa shape index (κ3) is 3.43. The molecule has 6 nitrogen and oxygen atoms in total. The Morgan fingerprint density at radius 2 is 2.19 bits per heavy atom. The van der Waals surface area contributed by atoms with Crippen LogP contribution in [0, 0.1) is 0 Å². The van der Waals surface area contributed by atoms with Gasteiger partial charge in [0.25, 0.3) is 0 Å². The quantitative estimate of drug-likeness (QED) is 0.499. The minimum Gasteiger partial charge on any atom is -0.357 e. The van der Waals surface area contributed by atoms with Crippen molar-refractivity contribution in [3.8, 4) is 0 Å². The van der Waals surface area contributed by atoms with Crippen molar-refractivity contribution in [1.82, 2.24) is 25.4 Å². The summed E-state index contributed by atoms with van der Waals surface area (Å²) < 4.78 is 2.23. The fourth-order valence-electron chi connectivity index (χ4n) is 2.88. The van der Waals surface area contributed by atoms with Crippen LogP contribution < -0.4 is 10.6 Å². The fraction of sp³-hybridized carbons (Fsp3) is 0.667. The van der Waals surface area contributed by atoms with Gasteiger partial charge in [-0.25, -0.2) is 4.99 Å². The van der Waals surface area contributed by atoms with Gasteiger partial charge in [0.2, 0.25) is 0 Å². The van der Waals surface area contributed by atoms with Gasteiger partial charge in [-0.2, -0.15) is 0 Å². The van der Waals surface area contributed by atoms with Crippen molar-refractivity contribution in [2.24, 2.45) is 4.99 Å². The monoisotopic (exact) mass is 288 g/mol. The van der Waals surface area contributed by atoms with E-state index in [0.29, 0.717) is 12.6 Å². The summed E-state index contributed by atoms with van der Waals surface area (Å²) in [7, 11) is 0. The molecule has 0 saturated carbocycles. The minimum atomic E-state index is 0.468. The minimum absolute atomic E-state index is 0.468.